The molecule has 2 aliphatic rings. The highest BCUT2D eigenvalue weighted by atomic mass is 16.2. The zero-order valence-corrected chi connectivity index (χ0v) is 18.4. The molecule has 2 unspecified atom stereocenters. The Bertz CT molecular complexity index is 1320. The highest BCUT2D eigenvalue weighted by Gasteiger charge is 2.38. The molecule has 2 bridgehead atoms. The molecule has 1 aromatic carbocycles. The predicted octanol–water partition coefficient (Wildman–Crippen LogP) is 4.59. The number of nitrogens with two attached hydrogens (primary N) is 1. The molecular weight excluding hydrogens is 412 g/mol. The van der Waals surface area contributed by atoms with Crippen molar-refractivity contribution < 1.29 is 4.79 Å². The maximum absolute atomic E-state index is 13.6. The molecule has 0 spiro atoms. The third-order valence-corrected chi connectivity index (χ3v) is 6.99. The molecule has 4 aromatic rings. The number of hydrogen-bond donors (Lipinski definition) is 1. The summed E-state index contributed by atoms with van der Waals surface area (Å²) in [4.78, 5) is 25.1. The Kier molecular flexibility index (Phi) is 4.82. The molecule has 0 radical (unpaired) electrons. The topological polar surface area (TPSA) is 89.4 Å². The lowest BCUT2D eigenvalue weighted by Crippen LogP contribution is -2.40. The Balaban J connectivity index is 1.40. The third-order valence-electron chi connectivity index (χ3n) is 6.99. The first-order chi connectivity index (χ1) is 16.2. The van der Waals surface area contributed by atoms with Gasteiger partial charge in [0.05, 0.1) is 23.1 Å². The standard InChI is InChI=1S/C26H26N6O/c27-24-15-18(26(33)32-19-8-4-5-9-20(32)11-10-19)14-23(29-24)21-16-28-31-13-12-22(30-25(21)31)17-6-2-1-3-7-17/h1-3,6-7,12-16,19-20H,4-5,8-11H2,(H2,27,29). The number of carbonyl (C=O) groups is 1. The zero-order chi connectivity index (χ0) is 22.4. The van der Waals surface area contributed by atoms with Crippen LogP contribution >= 0.6 is 0 Å². The van der Waals surface area contributed by atoms with Gasteiger partial charge in [-0.2, -0.15) is 5.10 Å². The molecule has 2 atom stereocenters. The number of fused-ring (bicyclic) bond motifs is 3. The first-order valence-electron chi connectivity index (χ1n) is 11.7. The lowest BCUT2D eigenvalue weighted by Gasteiger charge is -2.28. The van der Waals surface area contributed by atoms with Crippen molar-refractivity contribution in [3.63, 3.8) is 0 Å². The van der Waals surface area contributed by atoms with E-state index in [4.69, 9.17) is 10.7 Å². The van der Waals surface area contributed by atoms with Crippen molar-refractivity contribution in [3.8, 4) is 22.5 Å². The van der Waals surface area contributed by atoms with Crippen LogP contribution in [-0.2, 0) is 0 Å². The van der Waals surface area contributed by atoms with Crippen molar-refractivity contribution in [1.29, 1.82) is 0 Å². The highest BCUT2D eigenvalue weighted by molar-refractivity contribution is 5.97. The number of hydrogen-bond acceptors (Lipinski definition) is 5. The lowest BCUT2D eigenvalue weighted by atomic mass is 10.0. The maximum Gasteiger partial charge on any atom is 0.254 e. The molecule has 2 aliphatic heterocycles. The van der Waals surface area contributed by atoms with E-state index in [1.54, 1.807) is 16.8 Å². The second-order valence-corrected chi connectivity index (χ2v) is 9.05. The van der Waals surface area contributed by atoms with E-state index >= 15 is 0 Å². The lowest BCUT2D eigenvalue weighted by molar-refractivity contribution is 0.0671. The van der Waals surface area contributed by atoms with E-state index in [0.717, 1.165) is 42.5 Å². The first-order valence-corrected chi connectivity index (χ1v) is 11.7. The second-order valence-electron chi connectivity index (χ2n) is 9.05. The molecule has 2 fully saturated rings. The highest BCUT2D eigenvalue weighted by Crippen LogP contribution is 2.36. The molecule has 7 heteroatoms. The van der Waals surface area contributed by atoms with Crippen LogP contribution in [0.3, 0.4) is 0 Å². The van der Waals surface area contributed by atoms with Crippen LogP contribution in [0.25, 0.3) is 28.2 Å². The Labute approximate surface area is 192 Å². The number of carbonyl (C=O) groups excluding carboxylic acids is 1. The van der Waals surface area contributed by atoms with Gasteiger partial charge in [-0.15, -0.1) is 0 Å². The van der Waals surface area contributed by atoms with Crippen LogP contribution in [0.5, 0.6) is 0 Å². The van der Waals surface area contributed by atoms with Gasteiger partial charge < -0.3 is 10.6 Å². The molecule has 0 saturated carbocycles. The van der Waals surface area contributed by atoms with E-state index < -0.39 is 0 Å². The van der Waals surface area contributed by atoms with Crippen molar-refractivity contribution in [2.45, 2.75) is 50.6 Å². The van der Waals surface area contributed by atoms with Crippen LogP contribution in [0.1, 0.15) is 48.9 Å². The minimum Gasteiger partial charge on any atom is -0.384 e. The number of anilines is 1. The largest absolute Gasteiger partial charge is 0.384 e. The fraction of sp³-hybridized carbons (Fsp3) is 0.308. The van der Waals surface area contributed by atoms with Crippen molar-refractivity contribution in [2.24, 2.45) is 0 Å². The maximum atomic E-state index is 13.6. The summed E-state index contributed by atoms with van der Waals surface area (Å²) in [6, 6.07) is 16.2. The summed E-state index contributed by atoms with van der Waals surface area (Å²) in [5.41, 5.74) is 10.7. The van der Waals surface area contributed by atoms with Gasteiger partial charge in [-0.05, 0) is 43.9 Å². The van der Waals surface area contributed by atoms with Gasteiger partial charge in [0.2, 0.25) is 0 Å². The van der Waals surface area contributed by atoms with Gasteiger partial charge in [0.25, 0.3) is 5.91 Å². The van der Waals surface area contributed by atoms with Gasteiger partial charge in [0, 0.05) is 29.4 Å². The summed E-state index contributed by atoms with van der Waals surface area (Å²) in [6.07, 6.45) is 10.4. The zero-order valence-electron chi connectivity index (χ0n) is 18.4. The average molecular weight is 439 g/mol. The molecule has 33 heavy (non-hydrogen) atoms. The third kappa shape index (κ3) is 3.53. The molecule has 2 saturated heterocycles. The van der Waals surface area contributed by atoms with Crippen LogP contribution in [0.2, 0.25) is 0 Å². The van der Waals surface area contributed by atoms with Crippen LogP contribution in [0, 0.1) is 0 Å². The van der Waals surface area contributed by atoms with Crippen molar-refractivity contribution in [2.75, 3.05) is 5.73 Å². The predicted molar refractivity (Wildman–Crippen MR) is 128 cm³/mol. The monoisotopic (exact) mass is 438 g/mol. The second kappa shape index (κ2) is 7.99. The number of pyridine rings is 1. The summed E-state index contributed by atoms with van der Waals surface area (Å²) in [5, 5.41) is 4.45. The number of benzene rings is 1. The molecular formula is C26H26N6O. The Morgan fingerprint density at radius 1 is 0.909 bits per heavy atom. The molecule has 6 rings (SSSR count). The van der Waals surface area contributed by atoms with Crippen LogP contribution < -0.4 is 5.73 Å². The molecule has 0 aliphatic carbocycles. The van der Waals surface area contributed by atoms with E-state index in [1.807, 2.05) is 48.7 Å². The van der Waals surface area contributed by atoms with Gasteiger partial charge in [0.1, 0.15) is 5.82 Å². The van der Waals surface area contributed by atoms with E-state index in [9.17, 15) is 4.79 Å². The fourth-order valence-electron chi connectivity index (χ4n) is 5.40. The summed E-state index contributed by atoms with van der Waals surface area (Å²) in [5.74, 6) is 0.394. The Morgan fingerprint density at radius 3 is 2.42 bits per heavy atom. The van der Waals surface area contributed by atoms with Gasteiger partial charge in [-0.1, -0.05) is 43.2 Å². The Hall–Kier alpha value is -3.74. The Morgan fingerprint density at radius 2 is 1.67 bits per heavy atom. The number of amides is 1. The average Bonchev–Trinajstić information content (AvgIpc) is 3.37. The summed E-state index contributed by atoms with van der Waals surface area (Å²) < 4.78 is 1.73. The van der Waals surface area contributed by atoms with Crippen LogP contribution in [0.15, 0.2) is 60.9 Å². The quantitative estimate of drug-likeness (QED) is 0.505. The van der Waals surface area contributed by atoms with Gasteiger partial charge in [0.15, 0.2) is 5.65 Å². The number of nitrogen functional groups attached to an aromatic ring is 1. The minimum atomic E-state index is 0.0640. The summed E-state index contributed by atoms with van der Waals surface area (Å²) in [7, 11) is 0. The molecule has 7 nitrogen and oxygen atoms in total. The van der Waals surface area contributed by atoms with E-state index in [-0.39, 0.29) is 5.91 Å². The number of nitrogens with zero attached hydrogens (tertiary/aromatic N) is 5. The van der Waals surface area contributed by atoms with E-state index in [1.165, 1.54) is 12.8 Å². The molecule has 2 N–H and O–H groups in total. The minimum absolute atomic E-state index is 0.0640. The normalized spacial score (nSPS) is 20.2. The number of aromatic nitrogens is 4. The summed E-state index contributed by atoms with van der Waals surface area (Å²) >= 11 is 0. The molecule has 1 amide bonds. The van der Waals surface area contributed by atoms with Gasteiger partial charge in [-0.3, -0.25) is 4.79 Å². The van der Waals surface area contributed by atoms with E-state index in [0.29, 0.717) is 34.8 Å². The fourth-order valence-corrected chi connectivity index (χ4v) is 5.40. The van der Waals surface area contributed by atoms with Gasteiger partial charge >= 0.3 is 0 Å². The van der Waals surface area contributed by atoms with Crippen molar-refractivity contribution in [3.05, 3.63) is 66.5 Å². The van der Waals surface area contributed by atoms with E-state index in [2.05, 4.69) is 15.0 Å². The van der Waals surface area contributed by atoms with Crippen molar-refractivity contribution >= 4 is 17.4 Å². The smallest absolute Gasteiger partial charge is 0.254 e. The van der Waals surface area contributed by atoms with Crippen LogP contribution in [-0.4, -0.2) is 42.5 Å². The molecule has 166 valence electrons. The van der Waals surface area contributed by atoms with Gasteiger partial charge in [-0.25, -0.2) is 14.5 Å². The summed E-state index contributed by atoms with van der Waals surface area (Å²) in [6.45, 7) is 0. The molecule has 3 aromatic heterocycles. The molecule has 5 heterocycles. The van der Waals surface area contributed by atoms with Crippen molar-refractivity contribution in [1.82, 2.24) is 24.5 Å². The first kappa shape index (κ1) is 19.9. The number of rotatable bonds is 3. The van der Waals surface area contributed by atoms with Crippen LogP contribution in [0.4, 0.5) is 5.82 Å². The SMILES string of the molecule is Nc1cc(C(=O)N2C3CCCCC2CC3)cc(-c2cnn3ccc(-c4ccccc4)nc23)n1.